The molecule has 1 atom stereocenters. The topological polar surface area (TPSA) is 52.7 Å². The van der Waals surface area contributed by atoms with Gasteiger partial charge in [0.2, 0.25) is 11.8 Å². The zero-order chi connectivity index (χ0) is 18.4. The summed E-state index contributed by atoms with van der Waals surface area (Å²) in [5.41, 5.74) is 1.05. The lowest BCUT2D eigenvalue weighted by Gasteiger charge is -2.34. The third kappa shape index (κ3) is 5.58. The van der Waals surface area contributed by atoms with Crippen molar-refractivity contribution in [3.8, 4) is 0 Å². The molecule has 1 heterocycles. The summed E-state index contributed by atoms with van der Waals surface area (Å²) in [6.07, 6.45) is 1.34. The summed E-state index contributed by atoms with van der Waals surface area (Å²) < 4.78 is 0. The monoisotopic (exact) mass is 363 g/mol. The zero-order valence-electron chi connectivity index (χ0n) is 14.9. The van der Waals surface area contributed by atoms with Gasteiger partial charge in [0.25, 0.3) is 0 Å². The Morgan fingerprint density at radius 1 is 1.20 bits per heavy atom. The molecule has 25 heavy (non-hydrogen) atoms. The number of hydrogen-bond donors (Lipinski definition) is 1. The van der Waals surface area contributed by atoms with Crippen molar-refractivity contribution < 1.29 is 9.59 Å². The molecule has 1 aromatic rings. The summed E-state index contributed by atoms with van der Waals surface area (Å²) in [6.45, 7) is 10.7. The highest BCUT2D eigenvalue weighted by Gasteiger charge is 2.23. The van der Waals surface area contributed by atoms with E-state index in [0.717, 1.165) is 5.56 Å². The van der Waals surface area contributed by atoms with E-state index in [2.05, 4.69) is 30.6 Å². The number of nitrogens with one attached hydrogen (secondary N) is 1. The van der Waals surface area contributed by atoms with Crippen molar-refractivity contribution in [1.29, 1.82) is 0 Å². The number of rotatable bonds is 6. The van der Waals surface area contributed by atoms with Crippen LogP contribution in [0.25, 0.3) is 0 Å². The van der Waals surface area contributed by atoms with Crippen LogP contribution in [0.1, 0.15) is 25.5 Å². The third-order valence-corrected chi connectivity index (χ3v) is 4.69. The predicted molar refractivity (Wildman–Crippen MR) is 100 cm³/mol. The summed E-state index contributed by atoms with van der Waals surface area (Å²) in [7, 11) is 0. The Hall–Kier alpha value is -1.85. The van der Waals surface area contributed by atoms with Gasteiger partial charge in [-0.2, -0.15) is 0 Å². The summed E-state index contributed by atoms with van der Waals surface area (Å²) >= 11 is 5.95. The Kier molecular flexibility index (Phi) is 7.02. The molecule has 0 aliphatic carbocycles. The van der Waals surface area contributed by atoms with Gasteiger partial charge < -0.3 is 10.2 Å². The largest absolute Gasteiger partial charge is 0.348 e. The summed E-state index contributed by atoms with van der Waals surface area (Å²) in [6, 6.07) is 7.54. The molecule has 5 nitrogen and oxygen atoms in total. The van der Waals surface area contributed by atoms with Crippen molar-refractivity contribution in [2.75, 3.05) is 32.7 Å². The Bertz CT molecular complexity index is 608. The van der Waals surface area contributed by atoms with E-state index in [4.69, 9.17) is 11.6 Å². The van der Waals surface area contributed by atoms with E-state index in [1.807, 2.05) is 24.3 Å². The first-order chi connectivity index (χ1) is 11.9. The molecule has 1 N–H and O–H groups in total. The fraction of sp³-hybridized carbons (Fsp3) is 0.474. The van der Waals surface area contributed by atoms with Gasteiger partial charge >= 0.3 is 0 Å². The predicted octanol–water partition coefficient (Wildman–Crippen LogP) is 2.48. The van der Waals surface area contributed by atoms with Crippen LogP contribution in [-0.4, -0.2) is 54.3 Å². The number of halogens is 1. The van der Waals surface area contributed by atoms with E-state index in [0.29, 0.717) is 37.7 Å². The second-order valence-corrected chi connectivity index (χ2v) is 7.08. The van der Waals surface area contributed by atoms with Crippen molar-refractivity contribution in [1.82, 2.24) is 15.1 Å². The molecule has 1 aliphatic rings. The van der Waals surface area contributed by atoms with E-state index in [-0.39, 0.29) is 23.8 Å². The van der Waals surface area contributed by atoms with E-state index < -0.39 is 0 Å². The molecule has 1 fully saturated rings. The Balaban J connectivity index is 1.89. The molecule has 1 saturated heterocycles. The van der Waals surface area contributed by atoms with Gasteiger partial charge in [-0.25, -0.2) is 0 Å². The van der Waals surface area contributed by atoms with Gasteiger partial charge in [-0.1, -0.05) is 44.2 Å². The maximum absolute atomic E-state index is 12.5. The number of benzene rings is 1. The van der Waals surface area contributed by atoms with Gasteiger partial charge in [-0.3, -0.25) is 14.5 Å². The van der Waals surface area contributed by atoms with Crippen LogP contribution in [0, 0.1) is 5.92 Å². The van der Waals surface area contributed by atoms with Crippen LogP contribution < -0.4 is 5.32 Å². The van der Waals surface area contributed by atoms with Gasteiger partial charge in [0.15, 0.2) is 0 Å². The van der Waals surface area contributed by atoms with E-state index in [1.54, 1.807) is 4.90 Å². The number of hydrogen-bond acceptors (Lipinski definition) is 3. The lowest BCUT2D eigenvalue weighted by atomic mass is 9.96. The van der Waals surface area contributed by atoms with Crippen molar-refractivity contribution in [3.63, 3.8) is 0 Å². The van der Waals surface area contributed by atoms with Crippen molar-refractivity contribution in [3.05, 3.63) is 47.5 Å². The van der Waals surface area contributed by atoms with Crippen LogP contribution in [0.15, 0.2) is 36.9 Å². The molecule has 0 aromatic heterocycles. The van der Waals surface area contributed by atoms with Crippen LogP contribution in [0.2, 0.25) is 5.02 Å². The number of piperazine rings is 1. The Morgan fingerprint density at radius 2 is 1.80 bits per heavy atom. The Morgan fingerprint density at radius 3 is 2.32 bits per heavy atom. The molecule has 6 heteroatoms. The molecule has 0 radical (unpaired) electrons. The fourth-order valence-electron chi connectivity index (χ4n) is 2.98. The summed E-state index contributed by atoms with van der Waals surface area (Å²) in [5.74, 6) is 0.219. The molecule has 2 rings (SSSR count). The van der Waals surface area contributed by atoms with Gasteiger partial charge in [0.05, 0.1) is 12.6 Å². The minimum Gasteiger partial charge on any atom is -0.348 e. The molecule has 136 valence electrons. The van der Waals surface area contributed by atoms with Gasteiger partial charge in [0.1, 0.15) is 0 Å². The van der Waals surface area contributed by atoms with Crippen molar-refractivity contribution in [2.45, 2.75) is 19.9 Å². The highest BCUT2D eigenvalue weighted by molar-refractivity contribution is 6.30. The molecular weight excluding hydrogens is 338 g/mol. The summed E-state index contributed by atoms with van der Waals surface area (Å²) in [5, 5.41) is 3.81. The molecule has 1 unspecified atom stereocenters. The lowest BCUT2D eigenvalue weighted by Crippen LogP contribution is -2.51. The first-order valence-electron chi connectivity index (χ1n) is 8.59. The first kappa shape index (κ1) is 19.5. The number of carbonyl (C=O) groups excluding carboxylic acids is 2. The highest BCUT2D eigenvalue weighted by Crippen LogP contribution is 2.23. The van der Waals surface area contributed by atoms with Gasteiger partial charge in [-0.15, -0.1) is 0 Å². The van der Waals surface area contributed by atoms with E-state index in [9.17, 15) is 9.59 Å². The SMILES string of the molecule is C=CC(=O)N1CCN(CC(=O)NC(c2ccc(Cl)cc2)C(C)C)CC1. The maximum atomic E-state index is 12.5. The van der Waals surface area contributed by atoms with Crippen LogP contribution in [-0.2, 0) is 9.59 Å². The molecule has 2 amide bonds. The zero-order valence-corrected chi connectivity index (χ0v) is 15.6. The maximum Gasteiger partial charge on any atom is 0.246 e. The normalized spacial score (nSPS) is 16.6. The van der Waals surface area contributed by atoms with Crippen LogP contribution in [0.3, 0.4) is 0 Å². The number of amides is 2. The van der Waals surface area contributed by atoms with Crippen LogP contribution in [0.4, 0.5) is 0 Å². The van der Waals surface area contributed by atoms with Crippen molar-refractivity contribution >= 4 is 23.4 Å². The minimum absolute atomic E-state index is 0.00264. The lowest BCUT2D eigenvalue weighted by molar-refractivity contribution is -0.128. The molecule has 1 aromatic carbocycles. The smallest absolute Gasteiger partial charge is 0.246 e. The second kappa shape index (κ2) is 9.02. The molecule has 0 saturated carbocycles. The third-order valence-electron chi connectivity index (χ3n) is 4.44. The average molecular weight is 364 g/mol. The quantitative estimate of drug-likeness (QED) is 0.790. The van der Waals surface area contributed by atoms with Crippen LogP contribution in [0.5, 0.6) is 0 Å². The second-order valence-electron chi connectivity index (χ2n) is 6.65. The standard InChI is InChI=1S/C19H26ClN3O2/c1-4-18(25)23-11-9-22(10-12-23)13-17(24)21-19(14(2)3)15-5-7-16(20)8-6-15/h4-8,14,19H,1,9-13H2,2-3H3,(H,21,24). The summed E-state index contributed by atoms with van der Waals surface area (Å²) in [4.78, 5) is 27.9. The minimum atomic E-state index is -0.0493. The number of carbonyl (C=O) groups is 2. The average Bonchev–Trinajstić information content (AvgIpc) is 2.60. The van der Waals surface area contributed by atoms with Crippen LogP contribution >= 0.6 is 11.6 Å². The molecule has 0 spiro atoms. The first-order valence-corrected chi connectivity index (χ1v) is 8.97. The number of nitrogens with zero attached hydrogens (tertiary/aromatic N) is 2. The molecular formula is C19H26ClN3O2. The molecule has 1 aliphatic heterocycles. The van der Waals surface area contributed by atoms with E-state index in [1.165, 1.54) is 6.08 Å². The fourth-order valence-corrected chi connectivity index (χ4v) is 3.11. The van der Waals surface area contributed by atoms with Crippen molar-refractivity contribution in [2.24, 2.45) is 5.92 Å². The Labute approximate surface area is 154 Å². The van der Waals surface area contributed by atoms with Gasteiger partial charge in [0, 0.05) is 31.2 Å². The van der Waals surface area contributed by atoms with E-state index >= 15 is 0 Å². The highest BCUT2D eigenvalue weighted by atomic mass is 35.5. The molecule has 0 bridgehead atoms. The van der Waals surface area contributed by atoms with Gasteiger partial charge in [-0.05, 0) is 29.7 Å².